The predicted molar refractivity (Wildman–Crippen MR) is 98.0 cm³/mol. The molecule has 2 aromatic carbocycles. The summed E-state index contributed by atoms with van der Waals surface area (Å²) in [7, 11) is 0. The van der Waals surface area contributed by atoms with Crippen LogP contribution in [-0.2, 0) is 6.61 Å². The van der Waals surface area contributed by atoms with Gasteiger partial charge in [0.15, 0.2) is 11.5 Å². The molecule has 0 atom stereocenters. The second-order valence-corrected chi connectivity index (χ2v) is 5.70. The zero-order valence-corrected chi connectivity index (χ0v) is 14.9. The number of rotatable bonds is 7. The average Bonchev–Trinajstić information content (AvgIpc) is 2.55. The van der Waals surface area contributed by atoms with Crippen LogP contribution in [0.4, 0.5) is 0 Å². The number of benzene rings is 2. The predicted octanol–water partition coefficient (Wildman–Crippen LogP) is 1.11. The van der Waals surface area contributed by atoms with Crippen LogP contribution >= 0.6 is 15.9 Å². The molecule has 0 unspecified atom stereocenters. The first-order chi connectivity index (χ1) is 11.6. The average molecular weight is 392 g/mol. The van der Waals surface area contributed by atoms with Crippen LogP contribution < -0.4 is 26.0 Å². The van der Waals surface area contributed by atoms with Gasteiger partial charge in [0.2, 0.25) is 6.21 Å². The zero-order chi connectivity index (χ0) is 17.4. The third kappa shape index (κ3) is 5.27. The van der Waals surface area contributed by atoms with Gasteiger partial charge >= 0.3 is 0 Å². The van der Waals surface area contributed by atoms with Gasteiger partial charge in [-0.15, -0.1) is 5.10 Å². The van der Waals surface area contributed by atoms with E-state index in [0.29, 0.717) is 24.7 Å². The minimum atomic E-state index is -0.0434. The van der Waals surface area contributed by atoms with Gasteiger partial charge in [-0.2, -0.15) is 0 Å². The molecule has 126 valence electrons. The topological polar surface area (TPSA) is 96.8 Å². The van der Waals surface area contributed by atoms with Gasteiger partial charge in [-0.05, 0) is 40.5 Å². The first-order valence-corrected chi connectivity index (χ1v) is 8.20. The van der Waals surface area contributed by atoms with Gasteiger partial charge in [-0.1, -0.05) is 30.3 Å². The van der Waals surface area contributed by atoms with E-state index in [0.717, 1.165) is 15.6 Å². The van der Waals surface area contributed by atoms with Gasteiger partial charge in [-0.3, -0.25) is 0 Å². The summed E-state index contributed by atoms with van der Waals surface area (Å²) in [5, 5.41) is 6.37. The maximum atomic E-state index is 5.93. The molecular formula is C17H20BrN4O2+. The smallest absolute Gasteiger partial charge is 0.256 e. The fraction of sp³-hybridized carbons (Fsp3) is 0.176. The highest BCUT2D eigenvalue weighted by atomic mass is 79.9. The first kappa shape index (κ1) is 17.8. The summed E-state index contributed by atoms with van der Waals surface area (Å²) < 4.78 is 12.4. The molecule has 0 aliphatic carbocycles. The Morgan fingerprint density at radius 3 is 2.62 bits per heavy atom. The Labute approximate surface area is 149 Å². The lowest BCUT2D eigenvalue weighted by atomic mass is 10.2. The summed E-state index contributed by atoms with van der Waals surface area (Å²) in [6, 6.07) is 13.7. The van der Waals surface area contributed by atoms with Crippen LogP contribution in [0, 0.1) is 0 Å². The molecule has 0 aliphatic heterocycles. The highest BCUT2D eigenvalue weighted by molar-refractivity contribution is 9.10. The molecule has 7 heteroatoms. The number of hydrogen-bond donors (Lipinski definition) is 3. The van der Waals surface area contributed by atoms with E-state index in [1.807, 2.05) is 49.4 Å². The largest absolute Gasteiger partial charge is 0.490 e. The number of nitrogens with two attached hydrogens (primary N) is 2. The fourth-order valence-corrected chi connectivity index (χ4v) is 2.56. The minimum Gasteiger partial charge on any atom is -0.490 e. The molecule has 2 aromatic rings. The molecule has 0 bridgehead atoms. The van der Waals surface area contributed by atoms with Crippen molar-refractivity contribution in [3.63, 3.8) is 0 Å². The number of hydrogen-bond acceptors (Lipinski definition) is 3. The van der Waals surface area contributed by atoms with E-state index in [9.17, 15) is 0 Å². The van der Waals surface area contributed by atoms with Crippen LogP contribution in [-0.4, -0.2) is 18.8 Å². The number of ether oxygens (including phenoxy) is 2. The second kappa shape index (κ2) is 8.93. The van der Waals surface area contributed by atoms with Gasteiger partial charge in [0.05, 0.1) is 11.1 Å². The Kier molecular flexibility index (Phi) is 6.62. The van der Waals surface area contributed by atoms with E-state index in [-0.39, 0.29) is 5.96 Å². The van der Waals surface area contributed by atoms with E-state index in [4.69, 9.17) is 20.9 Å². The van der Waals surface area contributed by atoms with Crippen molar-refractivity contribution in [2.24, 2.45) is 16.6 Å². The quantitative estimate of drug-likeness (QED) is 0.374. The third-order valence-corrected chi connectivity index (χ3v) is 3.57. The Bertz CT molecular complexity index is 729. The van der Waals surface area contributed by atoms with Gasteiger partial charge in [0.25, 0.3) is 5.96 Å². The van der Waals surface area contributed by atoms with E-state index >= 15 is 0 Å². The molecule has 0 heterocycles. The van der Waals surface area contributed by atoms with E-state index in [1.54, 1.807) is 6.21 Å². The second-order valence-electron chi connectivity index (χ2n) is 4.85. The van der Waals surface area contributed by atoms with E-state index < -0.39 is 0 Å². The molecule has 0 saturated heterocycles. The Morgan fingerprint density at radius 2 is 1.96 bits per heavy atom. The molecule has 0 spiro atoms. The number of guanidine groups is 1. The normalized spacial score (nSPS) is 10.6. The van der Waals surface area contributed by atoms with Crippen LogP contribution in [0.3, 0.4) is 0 Å². The number of nitrogens with one attached hydrogen (secondary N) is 1. The molecule has 0 amide bonds. The maximum absolute atomic E-state index is 5.93. The summed E-state index contributed by atoms with van der Waals surface area (Å²) in [6.07, 6.45) is 1.66. The van der Waals surface area contributed by atoms with Gasteiger partial charge in [0, 0.05) is 10.7 Å². The lowest BCUT2D eigenvalue weighted by Gasteiger charge is -2.14. The van der Waals surface area contributed by atoms with Crippen molar-refractivity contribution in [2.45, 2.75) is 13.5 Å². The van der Waals surface area contributed by atoms with Crippen molar-refractivity contribution in [2.75, 3.05) is 6.61 Å². The van der Waals surface area contributed by atoms with Crippen molar-refractivity contribution >= 4 is 28.1 Å². The lowest BCUT2D eigenvalue weighted by molar-refractivity contribution is -0.456. The number of nitrogens with zero attached hydrogens (tertiary/aromatic N) is 1. The van der Waals surface area contributed by atoms with Gasteiger partial charge in [-0.25, -0.2) is 0 Å². The van der Waals surface area contributed by atoms with Crippen LogP contribution in [0.15, 0.2) is 52.0 Å². The molecule has 5 N–H and O–H groups in total. The molecule has 0 aliphatic rings. The molecule has 0 aromatic heterocycles. The van der Waals surface area contributed by atoms with Crippen molar-refractivity contribution in [1.29, 1.82) is 0 Å². The van der Waals surface area contributed by atoms with E-state index in [2.05, 4.69) is 26.1 Å². The highest BCUT2D eigenvalue weighted by Gasteiger charge is 2.13. The summed E-state index contributed by atoms with van der Waals surface area (Å²) in [6.45, 7) is 2.90. The number of halogens is 1. The Balaban J connectivity index is 2.23. The molecular weight excluding hydrogens is 372 g/mol. The summed E-state index contributed by atoms with van der Waals surface area (Å²) >= 11 is 3.52. The first-order valence-electron chi connectivity index (χ1n) is 7.40. The Morgan fingerprint density at radius 1 is 1.21 bits per heavy atom. The van der Waals surface area contributed by atoms with Crippen LogP contribution in [0.25, 0.3) is 0 Å². The fourth-order valence-electron chi connectivity index (χ4n) is 1.99. The maximum Gasteiger partial charge on any atom is 0.256 e. The van der Waals surface area contributed by atoms with Crippen LogP contribution in [0.2, 0.25) is 0 Å². The molecule has 6 nitrogen and oxygen atoms in total. The van der Waals surface area contributed by atoms with Crippen molar-refractivity contribution in [1.82, 2.24) is 0 Å². The van der Waals surface area contributed by atoms with Crippen molar-refractivity contribution in [3.8, 4) is 11.5 Å². The minimum absolute atomic E-state index is 0.0434. The highest BCUT2D eigenvalue weighted by Crippen LogP contribution is 2.37. The van der Waals surface area contributed by atoms with Gasteiger partial charge < -0.3 is 20.9 Å². The van der Waals surface area contributed by atoms with Crippen molar-refractivity contribution < 1.29 is 14.6 Å². The monoisotopic (exact) mass is 391 g/mol. The standard InChI is InChI=1S/C17H19BrN4O2/c1-2-23-15-9-13(10-21-22-17(19)20)8-14(18)16(15)24-11-12-6-4-3-5-7-12/h3-10H,2,11H2,1H3,(H4,19,20,22)/p+1/b21-10-. The molecule has 0 saturated carbocycles. The van der Waals surface area contributed by atoms with Crippen LogP contribution in [0.1, 0.15) is 18.1 Å². The summed E-state index contributed by atoms with van der Waals surface area (Å²) in [5.41, 5.74) is 12.5. The summed E-state index contributed by atoms with van der Waals surface area (Å²) in [5.74, 6) is 1.25. The third-order valence-electron chi connectivity index (χ3n) is 2.98. The van der Waals surface area contributed by atoms with E-state index in [1.165, 1.54) is 0 Å². The molecule has 24 heavy (non-hydrogen) atoms. The van der Waals surface area contributed by atoms with Crippen molar-refractivity contribution in [3.05, 3.63) is 58.1 Å². The van der Waals surface area contributed by atoms with Crippen LogP contribution in [0.5, 0.6) is 11.5 Å². The lowest BCUT2D eigenvalue weighted by Crippen LogP contribution is -2.63. The SMILES string of the molecule is CCOc1cc(/C=[NH+]\N=C(N)N)cc(Br)c1OCc1ccccc1. The van der Waals surface area contributed by atoms with Gasteiger partial charge in [0.1, 0.15) is 6.61 Å². The number of hydrazone groups is 1. The summed E-state index contributed by atoms with van der Waals surface area (Å²) in [4.78, 5) is 0. The molecule has 0 radical (unpaired) electrons. The molecule has 0 fully saturated rings. The zero-order valence-electron chi connectivity index (χ0n) is 13.3. The molecule has 2 rings (SSSR count). The Hall–Kier alpha value is -2.54.